The zero-order chi connectivity index (χ0) is 13.3. The lowest BCUT2D eigenvalue weighted by Crippen LogP contribution is -2.37. The fourth-order valence-corrected chi connectivity index (χ4v) is 2.37. The van der Waals surface area contributed by atoms with Crippen molar-refractivity contribution in [3.63, 3.8) is 0 Å². The second kappa shape index (κ2) is 4.96. The first-order valence-electron chi connectivity index (χ1n) is 6.54. The molecule has 2 rings (SSSR count). The molecule has 0 spiro atoms. The van der Waals surface area contributed by atoms with E-state index in [4.69, 9.17) is 0 Å². The molecule has 100 valence electrons. The Balaban J connectivity index is 2.04. The van der Waals surface area contributed by atoms with E-state index in [2.05, 4.69) is 18.7 Å². The monoisotopic (exact) mass is 253 g/mol. The summed E-state index contributed by atoms with van der Waals surface area (Å²) in [5.74, 6) is -0.609. The van der Waals surface area contributed by atoms with Crippen molar-refractivity contribution in [3.8, 4) is 0 Å². The molecule has 18 heavy (non-hydrogen) atoms. The number of likely N-dealkylation sites (tertiary alicyclic amines) is 1. The van der Waals surface area contributed by atoms with Crippen molar-refractivity contribution >= 4 is 0 Å². The fraction of sp³-hybridized carbons (Fsp3) is 0.600. The molecule has 0 amide bonds. The van der Waals surface area contributed by atoms with Gasteiger partial charge in [-0.1, -0.05) is 13.8 Å². The second-order valence-electron chi connectivity index (χ2n) is 6.13. The number of aryl methyl sites for hydroxylation is 1. The summed E-state index contributed by atoms with van der Waals surface area (Å²) in [6.07, 6.45) is 2.23. The molecule has 1 fully saturated rings. The van der Waals surface area contributed by atoms with E-state index in [1.807, 2.05) is 0 Å². The zero-order valence-corrected chi connectivity index (χ0v) is 11.4. The van der Waals surface area contributed by atoms with Crippen molar-refractivity contribution in [1.29, 1.82) is 0 Å². The van der Waals surface area contributed by atoms with Crippen LogP contribution in [0.4, 0.5) is 8.78 Å². The topological polar surface area (TPSA) is 3.24 Å². The van der Waals surface area contributed by atoms with Crippen LogP contribution in [0.25, 0.3) is 0 Å². The van der Waals surface area contributed by atoms with Crippen LogP contribution in [0.3, 0.4) is 0 Å². The van der Waals surface area contributed by atoms with Crippen LogP contribution in [0.15, 0.2) is 12.1 Å². The van der Waals surface area contributed by atoms with Gasteiger partial charge in [0.05, 0.1) is 0 Å². The Labute approximate surface area is 108 Å². The van der Waals surface area contributed by atoms with Crippen LogP contribution >= 0.6 is 0 Å². The molecule has 0 unspecified atom stereocenters. The average molecular weight is 253 g/mol. The van der Waals surface area contributed by atoms with Gasteiger partial charge in [0.2, 0.25) is 0 Å². The quantitative estimate of drug-likeness (QED) is 0.772. The molecule has 1 aromatic carbocycles. The number of hydrogen-bond acceptors (Lipinski definition) is 1. The highest BCUT2D eigenvalue weighted by Crippen LogP contribution is 2.30. The summed E-state index contributed by atoms with van der Waals surface area (Å²) in [4.78, 5) is 2.21. The van der Waals surface area contributed by atoms with Gasteiger partial charge in [-0.2, -0.15) is 0 Å². The minimum Gasteiger partial charge on any atom is -0.299 e. The van der Waals surface area contributed by atoms with Crippen molar-refractivity contribution in [2.75, 3.05) is 13.1 Å². The van der Waals surface area contributed by atoms with E-state index in [-0.39, 0.29) is 11.6 Å². The molecule has 0 atom stereocenters. The molecule has 0 radical (unpaired) electrons. The summed E-state index contributed by atoms with van der Waals surface area (Å²) < 4.78 is 27.2. The van der Waals surface area contributed by atoms with Crippen LogP contribution in [0.2, 0.25) is 0 Å². The Kier molecular flexibility index (Phi) is 3.71. The normalized spacial score (nSPS) is 20.1. The predicted molar refractivity (Wildman–Crippen MR) is 69.4 cm³/mol. The zero-order valence-electron chi connectivity index (χ0n) is 11.4. The van der Waals surface area contributed by atoms with Crippen molar-refractivity contribution in [2.24, 2.45) is 5.41 Å². The van der Waals surface area contributed by atoms with Gasteiger partial charge >= 0.3 is 0 Å². The summed E-state index contributed by atoms with van der Waals surface area (Å²) in [7, 11) is 0. The maximum absolute atomic E-state index is 13.7. The van der Waals surface area contributed by atoms with Gasteiger partial charge in [-0.15, -0.1) is 0 Å². The fourth-order valence-electron chi connectivity index (χ4n) is 2.37. The third-order valence-electron chi connectivity index (χ3n) is 3.93. The smallest absolute Gasteiger partial charge is 0.128 e. The molecule has 1 heterocycles. The minimum atomic E-state index is -0.316. The van der Waals surface area contributed by atoms with Gasteiger partial charge in [-0.05, 0) is 56.0 Å². The lowest BCUT2D eigenvalue weighted by Gasteiger charge is -2.37. The van der Waals surface area contributed by atoms with E-state index in [0.717, 1.165) is 25.9 Å². The summed E-state index contributed by atoms with van der Waals surface area (Å²) >= 11 is 0. The van der Waals surface area contributed by atoms with E-state index < -0.39 is 0 Å². The van der Waals surface area contributed by atoms with Crippen molar-refractivity contribution < 1.29 is 8.78 Å². The summed E-state index contributed by atoms with van der Waals surface area (Å²) in [5.41, 5.74) is 1.22. The first-order valence-corrected chi connectivity index (χ1v) is 6.54. The highest BCUT2D eigenvalue weighted by Gasteiger charge is 2.25. The Hall–Kier alpha value is -0.960. The third-order valence-corrected chi connectivity index (χ3v) is 3.93. The standard InChI is InChI=1S/C15H21F2N/c1-11-8-14(17)12(9-13(11)16)10-18-6-4-15(2,3)5-7-18/h8-9H,4-7,10H2,1-3H3. The maximum Gasteiger partial charge on any atom is 0.128 e. The number of benzene rings is 1. The van der Waals surface area contributed by atoms with E-state index >= 15 is 0 Å². The van der Waals surface area contributed by atoms with Gasteiger partial charge in [0.15, 0.2) is 0 Å². The molecule has 0 bridgehead atoms. The molecule has 1 nitrogen and oxygen atoms in total. The number of piperidine rings is 1. The molecule has 1 saturated heterocycles. The van der Waals surface area contributed by atoms with Crippen molar-refractivity contribution in [3.05, 3.63) is 34.9 Å². The Morgan fingerprint density at radius 3 is 2.33 bits per heavy atom. The first-order chi connectivity index (χ1) is 8.37. The first kappa shape index (κ1) is 13.5. The Morgan fingerprint density at radius 1 is 1.11 bits per heavy atom. The molecular formula is C15H21F2N. The van der Waals surface area contributed by atoms with E-state index in [1.54, 1.807) is 6.92 Å². The maximum atomic E-state index is 13.7. The molecule has 1 aromatic rings. The Bertz CT molecular complexity index is 430. The van der Waals surface area contributed by atoms with Crippen LogP contribution in [-0.2, 0) is 6.54 Å². The number of hydrogen-bond donors (Lipinski definition) is 0. The molecule has 0 N–H and O–H groups in total. The lowest BCUT2D eigenvalue weighted by atomic mass is 9.82. The van der Waals surface area contributed by atoms with Crippen LogP contribution in [0.5, 0.6) is 0 Å². The summed E-state index contributed by atoms with van der Waals surface area (Å²) in [6, 6.07) is 2.63. The summed E-state index contributed by atoms with van der Waals surface area (Å²) in [6.45, 7) is 8.54. The van der Waals surface area contributed by atoms with E-state index in [1.165, 1.54) is 12.1 Å². The van der Waals surface area contributed by atoms with Gasteiger partial charge in [0.1, 0.15) is 11.6 Å². The van der Waals surface area contributed by atoms with Crippen molar-refractivity contribution in [2.45, 2.75) is 40.2 Å². The molecule has 1 aliphatic rings. The van der Waals surface area contributed by atoms with Crippen LogP contribution in [0.1, 0.15) is 37.8 Å². The van der Waals surface area contributed by atoms with Gasteiger partial charge in [-0.3, -0.25) is 4.90 Å². The van der Waals surface area contributed by atoms with E-state index in [0.29, 0.717) is 23.1 Å². The number of halogens is 2. The van der Waals surface area contributed by atoms with Gasteiger partial charge in [0, 0.05) is 12.1 Å². The highest BCUT2D eigenvalue weighted by atomic mass is 19.1. The predicted octanol–water partition coefficient (Wildman–Crippen LogP) is 3.90. The average Bonchev–Trinajstić information content (AvgIpc) is 2.28. The minimum absolute atomic E-state index is 0.293. The largest absolute Gasteiger partial charge is 0.299 e. The molecule has 0 aromatic heterocycles. The number of rotatable bonds is 2. The molecule has 0 saturated carbocycles. The van der Waals surface area contributed by atoms with Gasteiger partial charge in [-0.25, -0.2) is 8.78 Å². The molecular weight excluding hydrogens is 232 g/mol. The molecule has 1 aliphatic heterocycles. The summed E-state index contributed by atoms with van der Waals surface area (Å²) in [5, 5.41) is 0. The van der Waals surface area contributed by atoms with Crippen LogP contribution < -0.4 is 0 Å². The van der Waals surface area contributed by atoms with Gasteiger partial charge in [0.25, 0.3) is 0 Å². The molecule has 0 aliphatic carbocycles. The highest BCUT2D eigenvalue weighted by molar-refractivity contribution is 5.25. The molecule has 3 heteroatoms. The SMILES string of the molecule is Cc1cc(F)c(CN2CCC(C)(C)CC2)cc1F. The van der Waals surface area contributed by atoms with Crippen molar-refractivity contribution in [1.82, 2.24) is 4.90 Å². The lowest BCUT2D eigenvalue weighted by molar-refractivity contribution is 0.126. The van der Waals surface area contributed by atoms with Crippen LogP contribution in [0, 0.1) is 24.0 Å². The van der Waals surface area contributed by atoms with Gasteiger partial charge < -0.3 is 0 Å². The van der Waals surface area contributed by atoms with Crippen LogP contribution in [-0.4, -0.2) is 18.0 Å². The number of nitrogens with zero attached hydrogens (tertiary/aromatic N) is 1. The third kappa shape index (κ3) is 3.08. The van der Waals surface area contributed by atoms with E-state index in [9.17, 15) is 8.78 Å². The Morgan fingerprint density at radius 2 is 1.72 bits per heavy atom. The second-order valence-corrected chi connectivity index (χ2v) is 6.13.